The van der Waals surface area contributed by atoms with Crippen LogP contribution in [0.25, 0.3) is 0 Å². The number of carbonyl (C=O) groups excluding carboxylic acids is 1. The number of nitrogens with two attached hydrogens (primary N) is 1. The van der Waals surface area contributed by atoms with Crippen molar-refractivity contribution in [2.24, 2.45) is 5.73 Å². The zero-order chi connectivity index (χ0) is 15.6. The lowest BCUT2D eigenvalue weighted by Gasteiger charge is -2.08. The highest BCUT2D eigenvalue weighted by molar-refractivity contribution is 9.10. The molecule has 7 heteroatoms. The molecule has 0 aliphatic rings. The summed E-state index contributed by atoms with van der Waals surface area (Å²) in [7, 11) is 0. The lowest BCUT2D eigenvalue weighted by Crippen LogP contribution is -2.20. The summed E-state index contributed by atoms with van der Waals surface area (Å²) >= 11 is 8.36. The summed E-state index contributed by atoms with van der Waals surface area (Å²) in [6.45, 7) is 3.94. The average Bonchev–Trinajstić information content (AvgIpc) is 2.66. The van der Waals surface area contributed by atoms with Crippen molar-refractivity contribution in [3.8, 4) is 0 Å². The van der Waals surface area contributed by atoms with Crippen LogP contribution in [0.2, 0.25) is 0 Å². The van der Waals surface area contributed by atoms with E-state index in [4.69, 9.17) is 18.0 Å². The molecule has 1 heterocycles. The van der Waals surface area contributed by atoms with Crippen LogP contribution in [0.3, 0.4) is 0 Å². The Labute approximate surface area is 136 Å². The fraction of sp³-hybridized carbons (Fsp3) is 0.214. The first-order valence-corrected chi connectivity index (χ1v) is 7.48. The Hall–Kier alpha value is -1.73. The summed E-state index contributed by atoms with van der Waals surface area (Å²) in [5.41, 5.74) is 8.73. The summed E-state index contributed by atoms with van der Waals surface area (Å²) in [6.07, 6.45) is 0. The third-order valence-corrected chi connectivity index (χ3v) is 4.40. The Morgan fingerprint density at radius 3 is 2.76 bits per heavy atom. The number of aryl methyl sites for hydroxylation is 1. The van der Waals surface area contributed by atoms with Gasteiger partial charge in [0.25, 0.3) is 0 Å². The normalized spacial score (nSPS) is 10.4. The van der Waals surface area contributed by atoms with Crippen LogP contribution in [0.5, 0.6) is 0 Å². The molecule has 0 saturated carbocycles. The first-order chi connectivity index (χ1) is 9.88. The minimum atomic E-state index is -0.159. The number of nitrogens with zero attached hydrogens (tertiary/aromatic N) is 2. The van der Waals surface area contributed by atoms with Gasteiger partial charge in [-0.05, 0) is 41.9 Å². The summed E-state index contributed by atoms with van der Waals surface area (Å²) in [6, 6.07) is 7.13. The van der Waals surface area contributed by atoms with E-state index in [0.29, 0.717) is 10.7 Å². The van der Waals surface area contributed by atoms with Crippen LogP contribution in [-0.2, 0) is 11.3 Å². The van der Waals surface area contributed by atoms with Gasteiger partial charge in [-0.2, -0.15) is 5.10 Å². The molecule has 2 aromatic rings. The number of rotatable bonds is 4. The molecule has 0 aliphatic heterocycles. The van der Waals surface area contributed by atoms with Crippen molar-refractivity contribution >= 4 is 44.7 Å². The largest absolute Gasteiger partial charge is 0.389 e. The van der Waals surface area contributed by atoms with E-state index in [-0.39, 0.29) is 12.5 Å². The van der Waals surface area contributed by atoms with Gasteiger partial charge in [-0.3, -0.25) is 9.48 Å². The second kappa shape index (κ2) is 6.36. The number of aromatic nitrogens is 2. The molecule has 0 radical (unpaired) electrons. The molecule has 0 bridgehead atoms. The molecule has 21 heavy (non-hydrogen) atoms. The lowest BCUT2D eigenvalue weighted by molar-refractivity contribution is -0.116. The number of anilines is 1. The molecule has 1 aromatic heterocycles. The van der Waals surface area contributed by atoms with Crippen molar-refractivity contribution in [1.29, 1.82) is 0 Å². The Bertz CT molecular complexity index is 711. The number of amides is 1. The number of nitrogens with one attached hydrogen (secondary N) is 1. The maximum Gasteiger partial charge on any atom is 0.246 e. The highest BCUT2D eigenvalue weighted by atomic mass is 79.9. The van der Waals surface area contributed by atoms with E-state index in [9.17, 15) is 4.79 Å². The van der Waals surface area contributed by atoms with E-state index in [2.05, 4.69) is 26.3 Å². The second-order valence-corrected chi connectivity index (χ2v) is 5.87. The molecular weight excluding hydrogens is 352 g/mol. The fourth-order valence-corrected chi connectivity index (χ4v) is 2.33. The van der Waals surface area contributed by atoms with E-state index in [1.165, 1.54) is 0 Å². The number of thiocarbonyl (C=S) groups is 1. The van der Waals surface area contributed by atoms with Gasteiger partial charge in [-0.1, -0.05) is 24.4 Å². The van der Waals surface area contributed by atoms with Gasteiger partial charge in [0, 0.05) is 11.3 Å². The van der Waals surface area contributed by atoms with Crippen LogP contribution < -0.4 is 11.1 Å². The molecule has 5 nitrogen and oxygen atoms in total. The quantitative estimate of drug-likeness (QED) is 0.815. The Morgan fingerprint density at radius 1 is 1.48 bits per heavy atom. The van der Waals surface area contributed by atoms with E-state index in [0.717, 1.165) is 21.4 Å². The standard InChI is InChI=1S/C14H15BrN4OS/c1-8-13(15)9(2)19(18-8)7-12(20)17-11-5-3-4-10(6-11)14(16)21/h3-6H,7H2,1-2H3,(H2,16,21)(H,17,20). The third-order valence-electron chi connectivity index (χ3n) is 3.02. The molecule has 0 fully saturated rings. The summed E-state index contributed by atoms with van der Waals surface area (Å²) < 4.78 is 2.58. The molecule has 110 valence electrons. The van der Waals surface area contributed by atoms with Gasteiger partial charge in [0.05, 0.1) is 15.9 Å². The molecule has 3 N–H and O–H groups in total. The highest BCUT2D eigenvalue weighted by Crippen LogP contribution is 2.19. The molecule has 0 saturated heterocycles. The molecule has 2 rings (SSSR count). The highest BCUT2D eigenvalue weighted by Gasteiger charge is 2.12. The van der Waals surface area contributed by atoms with Crippen molar-refractivity contribution in [3.63, 3.8) is 0 Å². The Morgan fingerprint density at radius 2 is 2.19 bits per heavy atom. The molecule has 0 unspecified atom stereocenters. The minimum Gasteiger partial charge on any atom is -0.389 e. The number of benzene rings is 1. The maximum absolute atomic E-state index is 12.1. The maximum atomic E-state index is 12.1. The summed E-state index contributed by atoms with van der Waals surface area (Å²) in [5, 5.41) is 7.12. The molecule has 0 aliphatic carbocycles. The Kier molecular flexibility index (Phi) is 4.74. The van der Waals surface area contributed by atoms with Gasteiger partial charge in [-0.15, -0.1) is 0 Å². The van der Waals surface area contributed by atoms with Gasteiger partial charge < -0.3 is 11.1 Å². The summed E-state index contributed by atoms with van der Waals surface area (Å²) in [5.74, 6) is -0.159. The lowest BCUT2D eigenvalue weighted by atomic mass is 10.2. The van der Waals surface area contributed by atoms with Crippen molar-refractivity contribution in [2.75, 3.05) is 5.32 Å². The van der Waals surface area contributed by atoms with Crippen molar-refractivity contribution < 1.29 is 4.79 Å². The molecule has 1 amide bonds. The van der Waals surface area contributed by atoms with E-state index in [1.807, 2.05) is 13.8 Å². The van der Waals surface area contributed by atoms with Crippen LogP contribution in [0.1, 0.15) is 17.0 Å². The molecule has 1 aromatic carbocycles. The summed E-state index contributed by atoms with van der Waals surface area (Å²) in [4.78, 5) is 12.4. The van der Waals surface area contributed by atoms with Gasteiger partial charge in [0.15, 0.2) is 0 Å². The van der Waals surface area contributed by atoms with Crippen LogP contribution in [0.15, 0.2) is 28.7 Å². The number of halogens is 1. The smallest absolute Gasteiger partial charge is 0.246 e. The van der Waals surface area contributed by atoms with Crippen molar-refractivity contribution in [3.05, 3.63) is 45.7 Å². The van der Waals surface area contributed by atoms with Crippen LogP contribution >= 0.6 is 28.1 Å². The zero-order valence-electron chi connectivity index (χ0n) is 11.7. The predicted octanol–water partition coefficient (Wildman–Crippen LogP) is 2.54. The fourth-order valence-electron chi connectivity index (χ4n) is 1.92. The first-order valence-electron chi connectivity index (χ1n) is 6.27. The first kappa shape index (κ1) is 15.7. The monoisotopic (exact) mass is 366 g/mol. The van der Waals surface area contributed by atoms with Gasteiger partial charge >= 0.3 is 0 Å². The van der Waals surface area contributed by atoms with Gasteiger partial charge in [0.1, 0.15) is 11.5 Å². The minimum absolute atomic E-state index is 0.148. The number of carbonyl (C=O) groups is 1. The molecule has 0 atom stereocenters. The molecule has 0 spiro atoms. The van der Waals surface area contributed by atoms with Crippen molar-refractivity contribution in [2.45, 2.75) is 20.4 Å². The van der Waals surface area contributed by atoms with Gasteiger partial charge in [-0.25, -0.2) is 0 Å². The van der Waals surface area contributed by atoms with E-state index >= 15 is 0 Å². The predicted molar refractivity (Wildman–Crippen MR) is 90.4 cm³/mol. The van der Waals surface area contributed by atoms with Gasteiger partial charge in [0.2, 0.25) is 5.91 Å². The average molecular weight is 367 g/mol. The zero-order valence-corrected chi connectivity index (χ0v) is 14.1. The Balaban J connectivity index is 2.10. The van der Waals surface area contributed by atoms with E-state index in [1.54, 1.807) is 28.9 Å². The van der Waals surface area contributed by atoms with Crippen LogP contribution in [0.4, 0.5) is 5.69 Å². The van der Waals surface area contributed by atoms with Crippen LogP contribution in [0, 0.1) is 13.8 Å². The topological polar surface area (TPSA) is 72.9 Å². The van der Waals surface area contributed by atoms with Crippen molar-refractivity contribution in [1.82, 2.24) is 9.78 Å². The second-order valence-electron chi connectivity index (χ2n) is 4.64. The van der Waals surface area contributed by atoms with E-state index < -0.39 is 0 Å². The molecular formula is C14H15BrN4OS. The SMILES string of the molecule is Cc1nn(CC(=O)Nc2cccc(C(N)=S)c2)c(C)c1Br. The number of hydrogen-bond acceptors (Lipinski definition) is 3. The third kappa shape index (κ3) is 3.68. The van der Waals surface area contributed by atoms with Crippen LogP contribution in [-0.4, -0.2) is 20.7 Å². The number of hydrogen-bond donors (Lipinski definition) is 2.